The minimum Gasteiger partial charge on any atom is -0.465 e. The van der Waals surface area contributed by atoms with E-state index < -0.39 is 23.6 Å². The summed E-state index contributed by atoms with van der Waals surface area (Å²) < 4.78 is 9.87. The lowest BCUT2D eigenvalue weighted by Gasteiger charge is -2.22. The third-order valence-corrected chi connectivity index (χ3v) is 2.13. The van der Waals surface area contributed by atoms with Gasteiger partial charge in [-0.3, -0.25) is 14.5 Å². The minimum atomic E-state index is -0.581. The van der Waals surface area contributed by atoms with E-state index in [2.05, 4.69) is 5.32 Å². The van der Waals surface area contributed by atoms with Crippen LogP contribution in [0.2, 0.25) is 0 Å². The molecule has 3 N–H and O–H groups in total. The van der Waals surface area contributed by atoms with Crippen LogP contribution in [0.4, 0.5) is 4.79 Å². The van der Waals surface area contributed by atoms with Gasteiger partial charge in [0.15, 0.2) is 0 Å². The van der Waals surface area contributed by atoms with Gasteiger partial charge in [-0.05, 0) is 27.7 Å². The van der Waals surface area contributed by atoms with Crippen LogP contribution >= 0.6 is 0 Å². The summed E-state index contributed by atoms with van der Waals surface area (Å²) in [5.41, 5.74) is 4.53. The number of rotatable bonds is 8. The molecule has 0 heterocycles. The minimum absolute atomic E-state index is 0.0627. The van der Waals surface area contributed by atoms with Crippen molar-refractivity contribution in [2.24, 2.45) is 5.73 Å². The maximum absolute atomic E-state index is 11.5. The molecule has 0 unspecified atom stereocenters. The molecular weight excluding hydrogens is 278 g/mol. The molecule has 0 atom stereocenters. The Hall–Kier alpha value is -1.83. The van der Waals surface area contributed by atoms with Crippen LogP contribution in [0.5, 0.6) is 0 Å². The van der Waals surface area contributed by atoms with Gasteiger partial charge in [-0.15, -0.1) is 0 Å². The van der Waals surface area contributed by atoms with E-state index in [4.69, 9.17) is 15.2 Å². The van der Waals surface area contributed by atoms with Crippen molar-refractivity contribution < 1.29 is 23.9 Å². The van der Waals surface area contributed by atoms with E-state index in [-0.39, 0.29) is 32.8 Å². The fourth-order valence-corrected chi connectivity index (χ4v) is 1.45. The van der Waals surface area contributed by atoms with Gasteiger partial charge in [-0.1, -0.05) is 0 Å². The van der Waals surface area contributed by atoms with E-state index >= 15 is 0 Å². The molecule has 0 aromatic rings. The summed E-state index contributed by atoms with van der Waals surface area (Å²) in [5, 5.41) is 2.54. The number of amides is 2. The summed E-state index contributed by atoms with van der Waals surface area (Å²) in [6, 6.07) is 0. The van der Waals surface area contributed by atoms with Crippen molar-refractivity contribution in [1.82, 2.24) is 10.2 Å². The van der Waals surface area contributed by atoms with Crippen LogP contribution in [0.25, 0.3) is 0 Å². The molecule has 21 heavy (non-hydrogen) atoms. The Morgan fingerprint density at radius 3 is 2.29 bits per heavy atom. The number of esters is 1. The second kappa shape index (κ2) is 9.17. The predicted octanol–water partition coefficient (Wildman–Crippen LogP) is -0.138. The van der Waals surface area contributed by atoms with Crippen LogP contribution in [-0.2, 0) is 19.1 Å². The van der Waals surface area contributed by atoms with Crippen LogP contribution in [0.3, 0.4) is 0 Å². The van der Waals surface area contributed by atoms with Crippen molar-refractivity contribution in [3.63, 3.8) is 0 Å². The zero-order valence-corrected chi connectivity index (χ0v) is 13.1. The molecule has 0 bridgehead atoms. The molecule has 0 spiro atoms. The van der Waals surface area contributed by atoms with Crippen LogP contribution in [0, 0.1) is 0 Å². The van der Waals surface area contributed by atoms with Crippen molar-refractivity contribution >= 4 is 18.0 Å². The normalized spacial score (nSPS) is 11.1. The summed E-state index contributed by atoms with van der Waals surface area (Å²) in [5.74, 6) is -1.01. The van der Waals surface area contributed by atoms with E-state index in [1.807, 2.05) is 0 Å². The third kappa shape index (κ3) is 11.7. The Kier molecular flexibility index (Phi) is 8.37. The van der Waals surface area contributed by atoms with Crippen LogP contribution < -0.4 is 11.1 Å². The van der Waals surface area contributed by atoms with Crippen molar-refractivity contribution in [2.75, 3.05) is 32.8 Å². The lowest BCUT2D eigenvalue weighted by Crippen LogP contribution is -2.43. The number of nitrogens with zero attached hydrogens (tertiary/aromatic N) is 1. The highest BCUT2D eigenvalue weighted by Gasteiger charge is 2.17. The van der Waals surface area contributed by atoms with Gasteiger partial charge in [0.2, 0.25) is 5.91 Å². The smallest absolute Gasteiger partial charge is 0.407 e. The van der Waals surface area contributed by atoms with Gasteiger partial charge in [0.25, 0.3) is 0 Å². The van der Waals surface area contributed by atoms with Gasteiger partial charge >= 0.3 is 12.1 Å². The maximum atomic E-state index is 11.5. The fraction of sp³-hybridized carbons (Fsp3) is 0.769. The van der Waals surface area contributed by atoms with Gasteiger partial charge in [0, 0.05) is 13.1 Å². The summed E-state index contributed by atoms with van der Waals surface area (Å²) in [7, 11) is 0. The molecule has 0 aromatic carbocycles. The zero-order chi connectivity index (χ0) is 16.5. The second-order valence-electron chi connectivity index (χ2n) is 5.41. The van der Waals surface area contributed by atoms with E-state index in [9.17, 15) is 14.4 Å². The van der Waals surface area contributed by atoms with E-state index in [1.165, 1.54) is 4.90 Å². The number of primary amides is 1. The highest BCUT2D eigenvalue weighted by molar-refractivity contribution is 5.77. The topological polar surface area (TPSA) is 111 Å². The first kappa shape index (κ1) is 19.2. The molecular formula is C13H25N3O5. The van der Waals surface area contributed by atoms with Crippen LogP contribution in [-0.4, -0.2) is 61.3 Å². The third-order valence-electron chi connectivity index (χ3n) is 2.13. The maximum Gasteiger partial charge on any atom is 0.407 e. The summed E-state index contributed by atoms with van der Waals surface area (Å²) in [6.07, 6.45) is -0.558. The van der Waals surface area contributed by atoms with Crippen molar-refractivity contribution in [3.8, 4) is 0 Å². The molecule has 122 valence electrons. The molecule has 8 nitrogen and oxygen atoms in total. The fourth-order valence-electron chi connectivity index (χ4n) is 1.45. The number of alkyl carbamates (subject to hydrolysis) is 1. The molecule has 8 heteroatoms. The van der Waals surface area contributed by atoms with E-state index in [0.29, 0.717) is 0 Å². The zero-order valence-electron chi connectivity index (χ0n) is 13.1. The molecule has 0 rings (SSSR count). The van der Waals surface area contributed by atoms with Crippen LogP contribution in [0.1, 0.15) is 27.7 Å². The average molecular weight is 303 g/mol. The highest BCUT2D eigenvalue weighted by Crippen LogP contribution is 2.06. The summed E-state index contributed by atoms with van der Waals surface area (Å²) >= 11 is 0. The lowest BCUT2D eigenvalue weighted by atomic mass is 10.2. The number of carbonyl (C=O) groups is 3. The first-order valence-electron chi connectivity index (χ1n) is 6.77. The Bertz CT molecular complexity index is 365. The van der Waals surface area contributed by atoms with Gasteiger partial charge in [-0.2, -0.15) is 0 Å². The largest absolute Gasteiger partial charge is 0.465 e. The first-order chi connectivity index (χ1) is 9.64. The molecule has 0 aliphatic heterocycles. The van der Waals surface area contributed by atoms with Gasteiger partial charge in [-0.25, -0.2) is 4.79 Å². The number of hydrogen-bond acceptors (Lipinski definition) is 6. The number of nitrogens with two attached hydrogens (primary N) is 1. The monoisotopic (exact) mass is 303 g/mol. The van der Waals surface area contributed by atoms with E-state index in [0.717, 1.165) is 0 Å². The molecule has 0 saturated carbocycles. The quantitative estimate of drug-likeness (QED) is 0.604. The molecule has 0 fully saturated rings. The Balaban J connectivity index is 4.20. The second-order valence-corrected chi connectivity index (χ2v) is 5.41. The molecule has 2 amide bonds. The standard InChI is InChI=1S/C13H25N3O5/c1-5-20-11(18)9-16(8-10(14)17)7-6-15-12(19)21-13(2,3)4/h5-9H2,1-4H3,(H2,14,17)(H,15,19). The lowest BCUT2D eigenvalue weighted by molar-refractivity contribution is -0.144. The van der Waals surface area contributed by atoms with E-state index in [1.54, 1.807) is 27.7 Å². The van der Waals surface area contributed by atoms with Crippen molar-refractivity contribution in [3.05, 3.63) is 0 Å². The molecule has 0 aliphatic rings. The molecule has 0 saturated heterocycles. The Morgan fingerprint density at radius 2 is 1.81 bits per heavy atom. The highest BCUT2D eigenvalue weighted by atomic mass is 16.6. The SMILES string of the molecule is CCOC(=O)CN(CCNC(=O)OC(C)(C)C)CC(N)=O. The van der Waals surface area contributed by atoms with Gasteiger partial charge in [0.05, 0.1) is 19.7 Å². The Morgan fingerprint density at radius 1 is 1.19 bits per heavy atom. The number of carbonyl (C=O) groups excluding carboxylic acids is 3. The summed E-state index contributed by atoms with van der Waals surface area (Å²) in [6.45, 7) is 7.58. The van der Waals surface area contributed by atoms with Crippen LogP contribution in [0.15, 0.2) is 0 Å². The number of hydrogen-bond donors (Lipinski definition) is 2. The first-order valence-corrected chi connectivity index (χ1v) is 6.77. The predicted molar refractivity (Wildman–Crippen MR) is 76.5 cm³/mol. The molecule has 0 aromatic heterocycles. The molecule has 0 aliphatic carbocycles. The van der Waals surface area contributed by atoms with Gasteiger partial charge < -0.3 is 20.5 Å². The summed E-state index contributed by atoms with van der Waals surface area (Å²) in [4.78, 5) is 35.3. The number of ether oxygens (including phenoxy) is 2. The van der Waals surface area contributed by atoms with Gasteiger partial charge in [0.1, 0.15) is 5.60 Å². The number of nitrogens with one attached hydrogen (secondary N) is 1. The van der Waals surface area contributed by atoms with Crippen molar-refractivity contribution in [1.29, 1.82) is 0 Å². The Labute approximate surface area is 124 Å². The molecule has 0 radical (unpaired) electrons. The average Bonchev–Trinajstić information content (AvgIpc) is 2.25. The van der Waals surface area contributed by atoms with Crippen molar-refractivity contribution in [2.45, 2.75) is 33.3 Å².